The maximum Gasteiger partial charge on any atom is 0.329 e. The van der Waals surface area contributed by atoms with Crippen molar-refractivity contribution in [1.82, 2.24) is 9.80 Å². The van der Waals surface area contributed by atoms with E-state index in [1.54, 1.807) is 16.8 Å². The number of likely N-dealkylation sites (tertiary alicyclic amines) is 1. The van der Waals surface area contributed by atoms with Crippen LogP contribution >= 0.6 is 0 Å². The van der Waals surface area contributed by atoms with E-state index in [2.05, 4.69) is 6.58 Å². The molecule has 5 heteroatoms. The first-order valence-electron chi connectivity index (χ1n) is 7.36. The molecule has 0 aliphatic carbocycles. The molecule has 0 radical (unpaired) electrons. The minimum Gasteiger partial charge on any atom is -0.479 e. The lowest BCUT2D eigenvalue weighted by Crippen LogP contribution is -2.56. The second-order valence-electron chi connectivity index (χ2n) is 5.48. The van der Waals surface area contributed by atoms with Crippen LogP contribution in [-0.4, -0.2) is 52.6 Å². The largest absolute Gasteiger partial charge is 0.479 e. The number of carboxylic acid groups (broad SMARTS) is 1. The summed E-state index contributed by atoms with van der Waals surface area (Å²) in [6, 6.07) is -0.164. The number of unbranched alkanes of at least 4 members (excludes halogenated alkanes) is 1. The Balaban J connectivity index is 2.78. The molecule has 114 valence electrons. The predicted octanol–water partition coefficient (Wildman–Crippen LogP) is 2.72. The van der Waals surface area contributed by atoms with Gasteiger partial charge in [-0.3, -0.25) is 0 Å². The zero-order valence-corrected chi connectivity index (χ0v) is 12.6. The summed E-state index contributed by atoms with van der Waals surface area (Å²) >= 11 is 0. The topological polar surface area (TPSA) is 60.9 Å². The van der Waals surface area contributed by atoms with E-state index in [1.807, 2.05) is 13.0 Å². The minimum atomic E-state index is -1.00. The lowest BCUT2D eigenvalue weighted by atomic mass is 9.91. The van der Waals surface area contributed by atoms with Crippen LogP contribution in [0.1, 0.15) is 45.4 Å². The number of carboxylic acids is 1. The van der Waals surface area contributed by atoms with Gasteiger partial charge in [-0.15, -0.1) is 6.58 Å². The van der Waals surface area contributed by atoms with Crippen LogP contribution in [0.5, 0.6) is 0 Å². The summed E-state index contributed by atoms with van der Waals surface area (Å²) in [5, 5.41) is 9.58. The average molecular weight is 282 g/mol. The molecule has 1 saturated heterocycles. The third kappa shape index (κ3) is 3.32. The van der Waals surface area contributed by atoms with Crippen molar-refractivity contribution in [3.05, 3.63) is 12.7 Å². The molecule has 1 fully saturated rings. The van der Waals surface area contributed by atoms with Gasteiger partial charge >= 0.3 is 12.0 Å². The van der Waals surface area contributed by atoms with Gasteiger partial charge in [0.2, 0.25) is 0 Å². The first-order valence-corrected chi connectivity index (χ1v) is 7.36. The molecule has 5 nitrogen and oxygen atoms in total. The van der Waals surface area contributed by atoms with Crippen LogP contribution in [0.3, 0.4) is 0 Å². The van der Waals surface area contributed by atoms with Crippen LogP contribution in [0.15, 0.2) is 12.7 Å². The second kappa shape index (κ2) is 7.31. The number of hydrogen-bond acceptors (Lipinski definition) is 2. The highest BCUT2D eigenvalue weighted by Crippen LogP contribution is 2.34. The third-order valence-electron chi connectivity index (χ3n) is 4.01. The molecule has 20 heavy (non-hydrogen) atoms. The highest BCUT2D eigenvalue weighted by molar-refractivity contribution is 5.87. The van der Waals surface area contributed by atoms with E-state index >= 15 is 0 Å². The van der Waals surface area contributed by atoms with E-state index in [-0.39, 0.29) is 6.03 Å². The monoisotopic (exact) mass is 282 g/mol. The lowest BCUT2D eigenvalue weighted by Gasteiger charge is -2.37. The maximum absolute atomic E-state index is 12.5. The molecule has 0 aromatic rings. The fourth-order valence-electron chi connectivity index (χ4n) is 2.93. The normalized spacial score (nSPS) is 21.8. The highest BCUT2D eigenvalue weighted by Gasteiger charge is 2.49. The van der Waals surface area contributed by atoms with Crippen molar-refractivity contribution in [2.75, 3.05) is 20.1 Å². The summed E-state index contributed by atoms with van der Waals surface area (Å²) in [5.74, 6) is -0.871. The number of amides is 2. The van der Waals surface area contributed by atoms with Crippen molar-refractivity contribution in [1.29, 1.82) is 0 Å². The van der Waals surface area contributed by atoms with Crippen molar-refractivity contribution in [2.24, 2.45) is 0 Å². The molecule has 0 spiro atoms. The Morgan fingerprint density at radius 1 is 1.50 bits per heavy atom. The molecule has 1 N–H and O–H groups in total. The summed E-state index contributed by atoms with van der Waals surface area (Å²) in [5.41, 5.74) is -1.00. The van der Waals surface area contributed by atoms with Crippen molar-refractivity contribution < 1.29 is 14.7 Å². The fourth-order valence-corrected chi connectivity index (χ4v) is 2.93. The molecule has 0 saturated carbocycles. The van der Waals surface area contributed by atoms with E-state index in [1.165, 1.54) is 0 Å². The number of carbonyl (C=O) groups is 2. The lowest BCUT2D eigenvalue weighted by molar-refractivity contribution is -0.148. The number of hydrogen-bond donors (Lipinski definition) is 1. The van der Waals surface area contributed by atoms with Gasteiger partial charge in [-0.05, 0) is 32.1 Å². The standard InChI is InChI=1S/C15H26N2O3/c1-4-6-7-11-16(3)14(20)17-12-8-10-15(17,9-5-2)13(18)19/h4H,1,5-12H2,2-3H3,(H,18,19). The third-order valence-corrected chi connectivity index (χ3v) is 4.01. The van der Waals surface area contributed by atoms with Crippen molar-refractivity contribution in [3.8, 4) is 0 Å². The molecule has 1 aliphatic rings. The van der Waals surface area contributed by atoms with E-state index < -0.39 is 11.5 Å². The average Bonchev–Trinajstić information content (AvgIpc) is 2.83. The van der Waals surface area contributed by atoms with Gasteiger partial charge in [-0.25, -0.2) is 9.59 Å². The summed E-state index contributed by atoms with van der Waals surface area (Å²) in [6.07, 6.45) is 6.14. The first-order chi connectivity index (χ1) is 9.49. The van der Waals surface area contributed by atoms with E-state index in [9.17, 15) is 14.7 Å². The van der Waals surface area contributed by atoms with Gasteiger partial charge < -0.3 is 14.9 Å². The van der Waals surface area contributed by atoms with Gasteiger partial charge in [-0.1, -0.05) is 19.4 Å². The molecule has 1 heterocycles. The van der Waals surface area contributed by atoms with Gasteiger partial charge in [0.25, 0.3) is 0 Å². The van der Waals surface area contributed by atoms with Gasteiger partial charge in [0.1, 0.15) is 5.54 Å². The molecular weight excluding hydrogens is 256 g/mol. The molecule has 0 aromatic carbocycles. The fraction of sp³-hybridized carbons (Fsp3) is 0.733. The van der Waals surface area contributed by atoms with Crippen LogP contribution in [-0.2, 0) is 4.79 Å². The summed E-state index contributed by atoms with van der Waals surface area (Å²) in [7, 11) is 1.74. The van der Waals surface area contributed by atoms with Crippen LogP contribution in [0, 0.1) is 0 Å². The molecule has 0 bridgehead atoms. The number of aliphatic carboxylic acids is 1. The molecule has 1 rings (SSSR count). The highest BCUT2D eigenvalue weighted by atomic mass is 16.4. The van der Waals surface area contributed by atoms with E-state index in [0.717, 1.165) is 25.7 Å². The van der Waals surface area contributed by atoms with Crippen molar-refractivity contribution in [2.45, 2.75) is 51.0 Å². The molecular formula is C15H26N2O3. The van der Waals surface area contributed by atoms with Gasteiger partial charge in [0.15, 0.2) is 0 Å². The Hall–Kier alpha value is -1.52. The van der Waals surface area contributed by atoms with Crippen molar-refractivity contribution in [3.63, 3.8) is 0 Å². The Morgan fingerprint density at radius 2 is 2.20 bits per heavy atom. The summed E-state index contributed by atoms with van der Waals surface area (Å²) in [4.78, 5) is 27.4. The van der Waals surface area contributed by atoms with Crippen LogP contribution in [0.25, 0.3) is 0 Å². The van der Waals surface area contributed by atoms with Gasteiger partial charge in [-0.2, -0.15) is 0 Å². The number of carbonyl (C=O) groups excluding carboxylic acids is 1. The number of urea groups is 1. The maximum atomic E-state index is 12.5. The predicted molar refractivity (Wildman–Crippen MR) is 78.7 cm³/mol. The Bertz CT molecular complexity index is 370. The Morgan fingerprint density at radius 3 is 2.75 bits per heavy atom. The Kier molecular flexibility index (Phi) is 6.05. The van der Waals surface area contributed by atoms with Crippen LogP contribution < -0.4 is 0 Å². The zero-order chi connectivity index (χ0) is 15.2. The van der Waals surface area contributed by atoms with Crippen molar-refractivity contribution >= 4 is 12.0 Å². The first kappa shape index (κ1) is 16.5. The summed E-state index contributed by atoms with van der Waals surface area (Å²) < 4.78 is 0. The molecule has 1 aliphatic heterocycles. The van der Waals surface area contributed by atoms with Crippen LogP contribution in [0.4, 0.5) is 4.79 Å². The van der Waals surface area contributed by atoms with E-state index in [4.69, 9.17) is 0 Å². The van der Waals surface area contributed by atoms with E-state index in [0.29, 0.717) is 25.9 Å². The number of allylic oxidation sites excluding steroid dienone is 1. The SMILES string of the molecule is C=CCCCN(C)C(=O)N1CCCC1(CCC)C(=O)O. The molecule has 1 atom stereocenters. The van der Waals surface area contributed by atoms with Gasteiger partial charge in [0, 0.05) is 20.1 Å². The molecule has 1 unspecified atom stereocenters. The molecule has 2 amide bonds. The van der Waals surface area contributed by atoms with Crippen LogP contribution in [0.2, 0.25) is 0 Å². The molecule has 0 aromatic heterocycles. The van der Waals surface area contributed by atoms with Gasteiger partial charge in [0.05, 0.1) is 0 Å². The zero-order valence-electron chi connectivity index (χ0n) is 12.6. The number of nitrogens with zero attached hydrogens (tertiary/aromatic N) is 2. The second-order valence-corrected chi connectivity index (χ2v) is 5.48. The number of rotatable bonds is 7. The summed E-state index contributed by atoms with van der Waals surface area (Å²) in [6.45, 7) is 6.78. The minimum absolute atomic E-state index is 0.164. The smallest absolute Gasteiger partial charge is 0.329 e. The quantitative estimate of drug-likeness (QED) is 0.577. The Labute approximate surface area is 121 Å².